The molecule has 140 valence electrons. The second kappa shape index (κ2) is 8.53. The van der Waals surface area contributed by atoms with Gasteiger partial charge in [-0.3, -0.25) is 0 Å². The molecule has 0 aliphatic carbocycles. The first kappa shape index (κ1) is 20.0. The Bertz CT molecular complexity index is 864. The monoisotopic (exact) mass is 416 g/mol. The fourth-order valence-electron chi connectivity index (χ4n) is 2.64. The fraction of sp³-hybridized carbons (Fsp3) is 0.286. The molecular formula is C21H21ClN2OS2. The first-order valence-electron chi connectivity index (χ1n) is 8.62. The lowest BCUT2D eigenvalue weighted by molar-refractivity contribution is 0.143. The van der Waals surface area contributed by atoms with Gasteiger partial charge in [0.15, 0.2) is 5.11 Å². The summed E-state index contributed by atoms with van der Waals surface area (Å²) < 4.78 is 0. The molecule has 27 heavy (non-hydrogen) atoms. The lowest BCUT2D eigenvalue weighted by Gasteiger charge is -2.27. The molecule has 1 heterocycles. The van der Waals surface area contributed by atoms with Gasteiger partial charge in [0.1, 0.15) is 11.0 Å². The van der Waals surface area contributed by atoms with E-state index in [1.807, 2.05) is 48.2 Å². The molecule has 0 radical (unpaired) electrons. The Hall–Kier alpha value is -1.71. The quantitative estimate of drug-likeness (QED) is 0.537. The largest absolute Gasteiger partial charge is 0.378 e. The first-order valence-corrected chi connectivity index (χ1v) is 10.5. The number of aliphatic hydroxyl groups is 1. The van der Waals surface area contributed by atoms with Gasteiger partial charge in [0, 0.05) is 28.6 Å². The third kappa shape index (κ3) is 5.63. The van der Waals surface area contributed by atoms with Crippen LogP contribution >= 0.6 is 35.6 Å². The maximum atomic E-state index is 9.73. The number of rotatable bonds is 2. The summed E-state index contributed by atoms with van der Waals surface area (Å²) in [4.78, 5) is 2.20. The van der Waals surface area contributed by atoms with Gasteiger partial charge in [-0.2, -0.15) is 0 Å². The Morgan fingerprint density at radius 3 is 2.52 bits per heavy atom. The number of hydrogen-bond acceptors (Lipinski definition) is 3. The van der Waals surface area contributed by atoms with E-state index in [4.69, 9.17) is 23.8 Å². The van der Waals surface area contributed by atoms with Gasteiger partial charge in [0.2, 0.25) is 0 Å². The van der Waals surface area contributed by atoms with Gasteiger partial charge in [-0.05, 0) is 68.0 Å². The zero-order valence-electron chi connectivity index (χ0n) is 15.2. The fourth-order valence-corrected chi connectivity index (χ4v) is 4.41. The third-order valence-electron chi connectivity index (χ3n) is 3.96. The van der Waals surface area contributed by atoms with E-state index in [0.717, 1.165) is 23.5 Å². The highest BCUT2D eigenvalue weighted by Crippen LogP contribution is 2.38. The minimum atomic E-state index is -0.990. The molecular weight excluding hydrogens is 396 g/mol. The molecule has 2 aromatic carbocycles. The average molecular weight is 417 g/mol. The van der Waals surface area contributed by atoms with Crippen LogP contribution in [0.2, 0.25) is 5.02 Å². The van der Waals surface area contributed by atoms with E-state index in [2.05, 4.69) is 34.2 Å². The van der Waals surface area contributed by atoms with Crippen molar-refractivity contribution in [2.24, 2.45) is 0 Å². The Morgan fingerprint density at radius 2 is 1.89 bits per heavy atom. The van der Waals surface area contributed by atoms with Crippen LogP contribution in [0.1, 0.15) is 30.3 Å². The van der Waals surface area contributed by atoms with Crippen LogP contribution in [-0.2, 0) is 0 Å². The molecule has 3 nitrogen and oxygen atoms in total. The first-order chi connectivity index (χ1) is 12.8. The van der Waals surface area contributed by atoms with Crippen LogP contribution < -0.4 is 5.32 Å². The van der Waals surface area contributed by atoms with Crippen LogP contribution in [-0.4, -0.2) is 33.0 Å². The molecule has 0 unspecified atom stereocenters. The van der Waals surface area contributed by atoms with Crippen molar-refractivity contribution in [3.05, 3.63) is 64.7 Å². The minimum absolute atomic E-state index is 0.175. The van der Waals surface area contributed by atoms with Crippen molar-refractivity contribution in [2.45, 2.75) is 24.8 Å². The van der Waals surface area contributed by atoms with Gasteiger partial charge in [-0.1, -0.05) is 35.6 Å². The molecule has 1 aliphatic heterocycles. The number of anilines is 1. The van der Waals surface area contributed by atoms with E-state index in [-0.39, 0.29) is 5.37 Å². The van der Waals surface area contributed by atoms with Crippen LogP contribution in [0, 0.1) is 11.8 Å². The van der Waals surface area contributed by atoms with Crippen molar-refractivity contribution in [1.29, 1.82) is 0 Å². The van der Waals surface area contributed by atoms with Crippen LogP contribution in [0.4, 0.5) is 5.69 Å². The highest BCUT2D eigenvalue weighted by Gasteiger charge is 2.28. The van der Waals surface area contributed by atoms with Crippen molar-refractivity contribution in [3.8, 4) is 11.8 Å². The number of nitrogens with one attached hydrogen (secondary N) is 1. The van der Waals surface area contributed by atoms with E-state index >= 15 is 0 Å². The number of benzene rings is 2. The lowest BCUT2D eigenvalue weighted by Crippen LogP contribution is -2.34. The van der Waals surface area contributed by atoms with Gasteiger partial charge in [0.25, 0.3) is 0 Å². The molecule has 0 aromatic heterocycles. The Balaban J connectivity index is 1.70. The second-order valence-corrected chi connectivity index (χ2v) is 8.80. The van der Waals surface area contributed by atoms with Crippen LogP contribution in [0.15, 0.2) is 48.5 Å². The summed E-state index contributed by atoms with van der Waals surface area (Å²) in [5.74, 6) is 6.86. The third-order valence-corrected chi connectivity index (χ3v) is 5.81. The number of hydrogen-bond donors (Lipinski definition) is 2. The van der Waals surface area contributed by atoms with E-state index in [0.29, 0.717) is 10.1 Å². The van der Waals surface area contributed by atoms with E-state index < -0.39 is 5.60 Å². The molecule has 1 atom stereocenters. The average Bonchev–Trinajstić information content (AvgIpc) is 3.12. The smallest absolute Gasteiger partial charge is 0.174 e. The number of halogens is 1. The maximum absolute atomic E-state index is 9.73. The standard InChI is InChI=1S/C21H21ClN2OS2/c1-21(2,25)12-11-15-3-5-16(6-4-15)19-24(13-14-27-19)20(26)23-18-9-7-17(22)8-10-18/h3-10,19,25H,13-14H2,1-2H3,(H,23,26)/t19-/m0/s1. The summed E-state index contributed by atoms with van der Waals surface area (Å²) in [6, 6.07) is 15.7. The van der Waals surface area contributed by atoms with Crippen molar-refractivity contribution >= 4 is 46.4 Å². The molecule has 6 heteroatoms. The summed E-state index contributed by atoms with van der Waals surface area (Å²) in [5.41, 5.74) is 2.01. The summed E-state index contributed by atoms with van der Waals surface area (Å²) in [5, 5.41) is 14.6. The summed E-state index contributed by atoms with van der Waals surface area (Å²) in [6.07, 6.45) is 0. The molecule has 0 amide bonds. The Morgan fingerprint density at radius 1 is 1.22 bits per heavy atom. The second-order valence-electron chi connectivity index (χ2n) is 6.78. The van der Waals surface area contributed by atoms with Gasteiger partial charge in [0.05, 0.1) is 0 Å². The lowest BCUT2D eigenvalue weighted by atomic mass is 10.1. The predicted molar refractivity (Wildman–Crippen MR) is 119 cm³/mol. The number of thiocarbonyl (C=S) groups is 1. The van der Waals surface area contributed by atoms with E-state index in [1.165, 1.54) is 5.56 Å². The zero-order chi connectivity index (χ0) is 19.4. The molecule has 1 fully saturated rings. The minimum Gasteiger partial charge on any atom is -0.378 e. The van der Waals surface area contributed by atoms with Crippen molar-refractivity contribution in [3.63, 3.8) is 0 Å². The number of thioether (sulfide) groups is 1. The van der Waals surface area contributed by atoms with Gasteiger partial charge in [-0.15, -0.1) is 11.8 Å². The van der Waals surface area contributed by atoms with E-state index in [1.54, 1.807) is 13.8 Å². The van der Waals surface area contributed by atoms with Crippen molar-refractivity contribution < 1.29 is 5.11 Å². The summed E-state index contributed by atoms with van der Waals surface area (Å²) >= 11 is 13.4. The predicted octanol–water partition coefficient (Wildman–Crippen LogP) is 4.91. The molecule has 2 N–H and O–H groups in total. The Kier molecular flexibility index (Phi) is 6.33. The Labute approximate surface area is 175 Å². The van der Waals surface area contributed by atoms with Crippen molar-refractivity contribution in [1.82, 2.24) is 4.90 Å². The molecule has 2 aromatic rings. The molecule has 1 aliphatic rings. The molecule has 3 rings (SSSR count). The molecule has 1 saturated heterocycles. The van der Waals surface area contributed by atoms with Crippen LogP contribution in [0.25, 0.3) is 0 Å². The van der Waals surface area contributed by atoms with Crippen LogP contribution in [0.3, 0.4) is 0 Å². The number of nitrogens with zero attached hydrogens (tertiary/aromatic N) is 1. The van der Waals surface area contributed by atoms with Gasteiger partial charge >= 0.3 is 0 Å². The van der Waals surface area contributed by atoms with Crippen LogP contribution in [0.5, 0.6) is 0 Å². The highest BCUT2D eigenvalue weighted by atomic mass is 35.5. The maximum Gasteiger partial charge on any atom is 0.174 e. The summed E-state index contributed by atoms with van der Waals surface area (Å²) in [7, 11) is 0. The molecule has 0 saturated carbocycles. The van der Waals surface area contributed by atoms with Gasteiger partial charge in [-0.25, -0.2) is 0 Å². The van der Waals surface area contributed by atoms with Crippen molar-refractivity contribution in [2.75, 3.05) is 17.6 Å². The van der Waals surface area contributed by atoms with Gasteiger partial charge < -0.3 is 15.3 Å². The highest BCUT2D eigenvalue weighted by molar-refractivity contribution is 7.99. The zero-order valence-corrected chi connectivity index (χ0v) is 17.6. The topological polar surface area (TPSA) is 35.5 Å². The molecule has 0 bridgehead atoms. The normalized spacial score (nSPS) is 16.6. The van der Waals surface area contributed by atoms with E-state index in [9.17, 15) is 5.11 Å². The molecule has 0 spiro atoms. The summed E-state index contributed by atoms with van der Waals surface area (Å²) in [6.45, 7) is 4.25. The SMILES string of the molecule is CC(C)(O)C#Cc1ccc([C@@H]2SCCN2C(=S)Nc2ccc(Cl)cc2)cc1.